The molecule has 0 fully saturated rings. The van der Waals surface area contributed by atoms with E-state index in [1.165, 1.54) is 5.56 Å². The van der Waals surface area contributed by atoms with Crippen molar-refractivity contribution in [2.45, 2.75) is 19.4 Å². The number of nitrogens with one attached hydrogen (secondary N) is 2. The molecule has 1 aromatic heterocycles. The van der Waals surface area contributed by atoms with Crippen molar-refractivity contribution in [3.63, 3.8) is 0 Å². The van der Waals surface area contributed by atoms with Gasteiger partial charge in [0.25, 0.3) is 0 Å². The van der Waals surface area contributed by atoms with Crippen LogP contribution in [0.15, 0.2) is 66.9 Å². The number of aromatic nitrogens is 2. The van der Waals surface area contributed by atoms with Crippen LogP contribution in [0.5, 0.6) is 0 Å². The fourth-order valence-electron chi connectivity index (χ4n) is 2.51. The molecule has 0 aliphatic heterocycles. The maximum absolute atomic E-state index is 6.16. The van der Waals surface area contributed by atoms with Crippen molar-refractivity contribution >= 4 is 23.4 Å². The van der Waals surface area contributed by atoms with Gasteiger partial charge in [-0.05, 0) is 36.1 Å². The number of aryl methyl sites for hydroxylation is 1. The Bertz CT molecular complexity index is 792. The van der Waals surface area contributed by atoms with E-state index in [-0.39, 0.29) is 0 Å². The van der Waals surface area contributed by atoms with Crippen LogP contribution in [0.4, 0.5) is 11.8 Å². The van der Waals surface area contributed by atoms with Gasteiger partial charge in [-0.25, -0.2) is 4.98 Å². The molecular weight excluding hydrogens is 332 g/mol. The first-order chi connectivity index (χ1) is 12.3. The van der Waals surface area contributed by atoms with Crippen LogP contribution in [0.3, 0.4) is 0 Å². The number of hydrogen-bond donors (Lipinski definition) is 2. The molecule has 2 aromatic carbocycles. The molecule has 4 nitrogen and oxygen atoms in total. The van der Waals surface area contributed by atoms with Crippen molar-refractivity contribution < 1.29 is 0 Å². The molecule has 2 N–H and O–H groups in total. The van der Waals surface area contributed by atoms with Gasteiger partial charge in [-0.3, -0.25) is 0 Å². The van der Waals surface area contributed by atoms with Crippen molar-refractivity contribution in [1.82, 2.24) is 9.97 Å². The second-order valence-corrected chi connectivity index (χ2v) is 6.13. The second-order valence-electron chi connectivity index (χ2n) is 5.73. The van der Waals surface area contributed by atoms with Gasteiger partial charge in [0.2, 0.25) is 5.95 Å². The molecule has 0 unspecified atom stereocenters. The normalized spacial score (nSPS) is 10.4. The SMILES string of the molecule is Clc1ccccc1CNc1nccc(NCCCc2ccccc2)n1. The molecule has 0 spiro atoms. The molecule has 128 valence electrons. The zero-order valence-electron chi connectivity index (χ0n) is 14.0. The summed E-state index contributed by atoms with van der Waals surface area (Å²) in [5, 5.41) is 7.30. The minimum absolute atomic E-state index is 0.591. The van der Waals surface area contributed by atoms with Crippen LogP contribution in [0.2, 0.25) is 5.02 Å². The van der Waals surface area contributed by atoms with Crippen LogP contribution >= 0.6 is 11.6 Å². The van der Waals surface area contributed by atoms with Crippen molar-refractivity contribution in [3.8, 4) is 0 Å². The lowest BCUT2D eigenvalue weighted by atomic mass is 10.1. The Balaban J connectivity index is 1.47. The number of halogens is 1. The smallest absolute Gasteiger partial charge is 0.224 e. The van der Waals surface area contributed by atoms with Crippen molar-refractivity contribution in [2.24, 2.45) is 0 Å². The van der Waals surface area contributed by atoms with Crippen LogP contribution in [0.25, 0.3) is 0 Å². The van der Waals surface area contributed by atoms with Crippen LogP contribution in [0, 0.1) is 0 Å². The van der Waals surface area contributed by atoms with Gasteiger partial charge >= 0.3 is 0 Å². The molecule has 3 rings (SSSR count). The van der Waals surface area contributed by atoms with E-state index in [0.717, 1.165) is 35.8 Å². The topological polar surface area (TPSA) is 49.8 Å². The average molecular weight is 353 g/mol. The van der Waals surface area contributed by atoms with E-state index in [4.69, 9.17) is 11.6 Å². The predicted molar refractivity (Wildman–Crippen MR) is 104 cm³/mol. The molecule has 0 saturated carbocycles. The Kier molecular flexibility index (Phi) is 6.23. The number of rotatable bonds is 8. The summed E-state index contributed by atoms with van der Waals surface area (Å²) in [7, 11) is 0. The quantitative estimate of drug-likeness (QED) is 0.572. The molecule has 0 bridgehead atoms. The molecular formula is C20H21ClN4. The second kappa shape index (κ2) is 9.04. The molecule has 3 aromatic rings. The third-order valence-corrected chi connectivity index (χ3v) is 4.21. The third kappa shape index (κ3) is 5.47. The fourth-order valence-corrected chi connectivity index (χ4v) is 2.71. The van der Waals surface area contributed by atoms with Gasteiger partial charge in [-0.2, -0.15) is 4.98 Å². The monoisotopic (exact) mass is 352 g/mol. The molecule has 0 radical (unpaired) electrons. The Morgan fingerprint density at radius 1 is 0.880 bits per heavy atom. The van der Waals surface area contributed by atoms with Crippen molar-refractivity contribution in [1.29, 1.82) is 0 Å². The van der Waals surface area contributed by atoms with E-state index in [9.17, 15) is 0 Å². The van der Waals surface area contributed by atoms with E-state index in [0.29, 0.717) is 12.5 Å². The van der Waals surface area contributed by atoms with Gasteiger partial charge in [0, 0.05) is 24.3 Å². The highest BCUT2D eigenvalue weighted by molar-refractivity contribution is 6.31. The molecule has 0 aliphatic carbocycles. The summed E-state index contributed by atoms with van der Waals surface area (Å²) in [6, 6.07) is 20.1. The fraction of sp³-hybridized carbons (Fsp3) is 0.200. The average Bonchev–Trinajstić information content (AvgIpc) is 2.66. The first-order valence-electron chi connectivity index (χ1n) is 8.39. The first kappa shape index (κ1) is 17.2. The minimum atomic E-state index is 0.591. The highest BCUT2D eigenvalue weighted by Crippen LogP contribution is 2.16. The van der Waals surface area contributed by atoms with Crippen LogP contribution in [-0.2, 0) is 13.0 Å². The lowest BCUT2D eigenvalue weighted by Gasteiger charge is -2.09. The Morgan fingerprint density at radius 2 is 1.68 bits per heavy atom. The maximum atomic E-state index is 6.16. The zero-order chi connectivity index (χ0) is 17.3. The Morgan fingerprint density at radius 3 is 2.52 bits per heavy atom. The molecule has 0 saturated heterocycles. The summed E-state index contributed by atoms with van der Waals surface area (Å²) in [5.74, 6) is 1.41. The van der Waals surface area contributed by atoms with Crippen LogP contribution < -0.4 is 10.6 Å². The molecule has 0 amide bonds. The Labute approximate surface area is 153 Å². The zero-order valence-corrected chi connectivity index (χ0v) is 14.7. The summed E-state index contributed by atoms with van der Waals surface area (Å²) in [6.07, 6.45) is 3.86. The van der Waals surface area contributed by atoms with Gasteiger partial charge in [-0.1, -0.05) is 60.1 Å². The largest absolute Gasteiger partial charge is 0.370 e. The summed E-state index contributed by atoms with van der Waals surface area (Å²) < 4.78 is 0. The van der Waals surface area contributed by atoms with Crippen molar-refractivity contribution in [2.75, 3.05) is 17.2 Å². The maximum Gasteiger partial charge on any atom is 0.224 e. The summed E-state index contributed by atoms with van der Waals surface area (Å²) >= 11 is 6.16. The summed E-state index contributed by atoms with van der Waals surface area (Å²) in [4.78, 5) is 8.74. The third-order valence-electron chi connectivity index (χ3n) is 3.84. The van der Waals surface area contributed by atoms with E-state index in [2.05, 4.69) is 44.9 Å². The molecule has 1 heterocycles. The van der Waals surface area contributed by atoms with E-state index < -0.39 is 0 Å². The molecule has 25 heavy (non-hydrogen) atoms. The summed E-state index contributed by atoms with van der Waals surface area (Å²) in [6.45, 7) is 1.47. The number of nitrogens with zero attached hydrogens (tertiary/aromatic N) is 2. The number of anilines is 2. The highest BCUT2D eigenvalue weighted by atomic mass is 35.5. The van der Waals surface area contributed by atoms with E-state index in [1.54, 1.807) is 6.20 Å². The molecule has 0 atom stereocenters. The first-order valence-corrected chi connectivity index (χ1v) is 8.77. The lowest BCUT2D eigenvalue weighted by Crippen LogP contribution is -2.08. The minimum Gasteiger partial charge on any atom is -0.370 e. The highest BCUT2D eigenvalue weighted by Gasteiger charge is 2.02. The van der Waals surface area contributed by atoms with Crippen molar-refractivity contribution in [3.05, 3.63) is 83.0 Å². The molecule has 5 heteroatoms. The predicted octanol–water partition coefficient (Wildman–Crippen LogP) is 4.79. The number of hydrogen-bond acceptors (Lipinski definition) is 4. The van der Waals surface area contributed by atoms with Crippen LogP contribution in [-0.4, -0.2) is 16.5 Å². The van der Waals surface area contributed by atoms with Gasteiger partial charge < -0.3 is 10.6 Å². The van der Waals surface area contributed by atoms with Crippen LogP contribution in [0.1, 0.15) is 17.5 Å². The standard InChI is InChI=1S/C20H21ClN4/c21-18-11-5-4-10-17(18)15-24-20-23-14-12-19(25-20)22-13-6-9-16-7-2-1-3-8-16/h1-5,7-8,10-12,14H,6,9,13,15H2,(H2,22,23,24,25). The van der Waals surface area contributed by atoms with Gasteiger partial charge in [0.05, 0.1) is 0 Å². The van der Waals surface area contributed by atoms with Gasteiger partial charge in [0.15, 0.2) is 0 Å². The van der Waals surface area contributed by atoms with E-state index >= 15 is 0 Å². The summed E-state index contributed by atoms with van der Waals surface area (Å²) in [5.41, 5.74) is 2.38. The molecule has 0 aliphatic rings. The van der Waals surface area contributed by atoms with E-state index in [1.807, 2.05) is 36.4 Å². The number of benzene rings is 2. The van der Waals surface area contributed by atoms with Gasteiger partial charge in [0.1, 0.15) is 5.82 Å². The lowest BCUT2D eigenvalue weighted by molar-refractivity contribution is 0.857. The van der Waals surface area contributed by atoms with Gasteiger partial charge in [-0.15, -0.1) is 0 Å². The Hall–Kier alpha value is -2.59.